The van der Waals surface area contributed by atoms with E-state index in [9.17, 15) is 4.79 Å². The molecule has 0 saturated carbocycles. The number of fused-ring (bicyclic) bond motifs is 1. The van der Waals surface area contributed by atoms with Crippen LogP contribution < -0.4 is 25.5 Å². The van der Waals surface area contributed by atoms with Crippen LogP contribution in [0.4, 0.5) is 0 Å². The van der Waals surface area contributed by atoms with Gasteiger partial charge in [-0.05, 0) is 127 Å². The average Bonchev–Trinajstić information content (AvgIpc) is 3.28. The molecule has 1 fully saturated rings. The maximum absolute atomic E-state index is 14.9. The van der Waals surface area contributed by atoms with Crippen molar-refractivity contribution in [1.82, 2.24) is 0 Å². The lowest BCUT2D eigenvalue weighted by atomic mass is 9.88. The minimum Gasteiger partial charge on any atom is -0.497 e. The molecule has 2 aliphatic heterocycles. The van der Waals surface area contributed by atoms with E-state index in [0.717, 1.165) is 22.5 Å². The van der Waals surface area contributed by atoms with Crippen molar-refractivity contribution in [2.75, 3.05) is 7.11 Å². The highest BCUT2D eigenvalue weighted by atomic mass is 28.4. The Morgan fingerprint density at radius 2 is 1.21 bits per heavy atom. The maximum Gasteiger partial charge on any atom is 0.330 e. The fourth-order valence-corrected chi connectivity index (χ4v) is 21.8. The molecule has 5 aromatic rings. The first-order valence-corrected chi connectivity index (χ1v) is 33.7. The normalized spacial score (nSPS) is 25.8. The van der Waals surface area contributed by atoms with Crippen LogP contribution in [-0.4, -0.2) is 71.6 Å². The molecular weight excluding hydrogens is 1050 g/mol. The summed E-state index contributed by atoms with van der Waals surface area (Å²) in [5, 5.41) is 4.33. The lowest BCUT2D eigenvalue weighted by molar-refractivity contribution is -0.153. The standard InChI is InChI=1S/C72H96O8Si2/c1-52-47-60(75-51-58-42-44-59(74-16)45-43-58)32-29-41-65(79-82(70(10,11)12,63-37-25-19-26-38-63)64-39-27-20-28-40-64)56(5)54(3)50-68(73)76-66(53(2)31-30-46-72(15)67(48-52)77-71(13,14)80-72)49-55(4)57(6)78-81(69(7,8)9,61-33-21-17-22-34-61)62-35-23-18-24-36-62/h17-30,33-46,50,53,55-57,60,65-67H,1,31-32,47-49,51H2,2-16H3/b41-29+,46-30+,54-50-/t53-,55-,56+,57-,60-,65-,66+,67+,72+/m0/s1. The van der Waals surface area contributed by atoms with E-state index >= 15 is 0 Å². The van der Waals surface area contributed by atoms with Gasteiger partial charge in [0.05, 0.1) is 32.0 Å². The van der Waals surface area contributed by atoms with Gasteiger partial charge in [-0.25, -0.2) is 4.79 Å². The number of rotatable bonds is 15. The number of methoxy groups -OCH3 is 1. The van der Waals surface area contributed by atoms with Crippen LogP contribution in [0.5, 0.6) is 5.75 Å². The van der Waals surface area contributed by atoms with Crippen molar-refractivity contribution in [2.45, 2.75) is 188 Å². The number of hydrogen-bond acceptors (Lipinski definition) is 8. The third-order valence-electron chi connectivity index (χ3n) is 17.2. The maximum atomic E-state index is 14.9. The smallest absolute Gasteiger partial charge is 0.330 e. The van der Waals surface area contributed by atoms with Gasteiger partial charge < -0.3 is 32.5 Å². The molecule has 2 aliphatic rings. The van der Waals surface area contributed by atoms with E-state index in [4.69, 9.17) is 39.1 Å². The molecule has 0 aliphatic carbocycles. The zero-order chi connectivity index (χ0) is 59.5. The molecule has 0 N–H and O–H groups in total. The van der Waals surface area contributed by atoms with Gasteiger partial charge in [0.2, 0.25) is 0 Å². The van der Waals surface area contributed by atoms with Crippen LogP contribution in [0.25, 0.3) is 0 Å². The quantitative estimate of drug-likeness (QED) is 0.0583. The van der Waals surface area contributed by atoms with E-state index in [1.165, 1.54) is 20.7 Å². The Morgan fingerprint density at radius 1 is 0.695 bits per heavy atom. The SMILES string of the molecule is C=C1C[C@@H](OCc2ccc(OC)cc2)C/C=C/[C@H](O[Si](c2ccccc2)(c2ccccc2)C(C)(C)C)[C@H](C)/C(C)=C\C(=O)O[C@H](C[C@H](C)[C@H](C)O[Si](c2ccccc2)(c2ccccc2)C(C)(C)C)[C@@H](C)C/C=C/[C@@]2(C)OC(C)(C)O[C@@H]2C1. The molecule has 0 unspecified atom stereocenters. The molecule has 0 amide bonds. The molecule has 0 spiro atoms. The Kier molecular flexibility index (Phi) is 21.5. The molecule has 10 heteroatoms. The van der Waals surface area contributed by atoms with Crippen molar-refractivity contribution in [3.63, 3.8) is 0 Å². The lowest BCUT2D eigenvalue weighted by Crippen LogP contribution is -2.68. The van der Waals surface area contributed by atoms with E-state index < -0.39 is 40.2 Å². The highest BCUT2D eigenvalue weighted by Crippen LogP contribution is 2.43. The number of ether oxygens (including phenoxy) is 5. The number of cyclic esters (lactones) is 1. The topological polar surface area (TPSA) is 81.7 Å². The molecule has 8 nitrogen and oxygen atoms in total. The van der Waals surface area contributed by atoms with Crippen LogP contribution in [0.3, 0.4) is 0 Å². The Balaban J connectivity index is 1.29. The van der Waals surface area contributed by atoms with Gasteiger partial charge in [0.1, 0.15) is 17.5 Å². The molecule has 7 rings (SSSR count). The summed E-state index contributed by atoms with van der Waals surface area (Å²) >= 11 is 0. The van der Waals surface area contributed by atoms with Gasteiger partial charge in [0, 0.05) is 18.1 Å². The second-order valence-electron chi connectivity index (χ2n) is 26.1. The van der Waals surface area contributed by atoms with Gasteiger partial charge in [0.25, 0.3) is 16.6 Å². The zero-order valence-corrected chi connectivity index (χ0v) is 54.1. The molecule has 82 heavy (non-hydrogen) atoms. The minimum atomic E-state index is -3.11. The largest absolute Gasteiger partial charge is 0.497 e. The first-order valence-electron chi connectivity index (χ1n) is 29.9. The Morgan fingerprint density at radius 3 is 1.71 bits per heavy atom. The predicted octanol–water partition coefficient (Wildman–Crippen LogP) is 14.8. The highest BCUT2D eigenvalue weighted by Gasteiger charge is 2.54. The number of carbonyl (C=O) groups excluding carboxylic acids is 1. The molecule has 440 valence electrons. The van der Waals surface area contributed by atoms with Crippen LogP contribution in [0.1, 0.15) is 135 Å². The second-order valence-corrected chi connectivity index (χ2v) is 34.6. The average molecular weight is 1150 g/mol. The lowest BCUT2D eigenvalue weighted by Gasteiger charge is -2.46. The molecule has 9 atom stereocenters. The third kappa shape index (κ3) is 15.5. The molecule has 0 radical (unpaired) electrons. The van der Waals surface area contributed by atoms with Gasteiger partial charge in [0.15, 0.2) is 5.79 Å². The van der Waals surface area contributed by atoms with E-state index in [2.05, 4.69) is 222 Å². The summed E-state index contributed by atoms with van der Waals surface area (Å²) in [5.74, 6) is -0.682. The molecular formula is C72H96O8Si2. The Bertz CT molecular complexity index is 2830. The number of allylic oxidation sites excluding steroid dienone is 1. The summed E-state index contributed by atoms with van der Waals surface area (Å²) in [5.41, 5.74) is 2.18. The number of benzene rings is 5. The van der Waals surface area contributed by atoms with Crippen LogP contribution in [-0.2, 0) is 39.2 Å². The molecule has 0 aromatic heterocycles. The molecule has 0 bridgehead atoms. The molecule has 2 heterocycles. The van der Waals surface area contributed by atoms with E-state index in [1.807, 2.05) is 45.0 Å². The number of esters is 1. The van der Waals surface area contributed by atoms with E-state index in [0.29, 0.717) is 38.7 Å². The van der Waals surface area contributed by atoms with Crippen molar-refractivity contribution >= 4 is 43.4 Å². The van der Waals surface area contributed by atoms with Gasteiger partial charge in [-0.2, -0.15) is 0 Å². The van der Waals surface area contributed by atoms with Gasteiger partial charge in [-0.3, -0.25) is 0 Å². The fourth-order valence-electron chi connectivity index (χ4n) is 12.3. The first-order chi connectivity index (χ1) is 38.8. The van der Waals surface area contributed by atoms with Crippen LogP contribution >= 0.6 is 0 Å². The Labute approximate surface area is 495 Å². The minimum absolute atomic E-state index is 0.0130. The van der Waals surface area contributed by atoms with Crippen molar-refractivity contribution in [3.8, 4) is 5.75 Å². The van der Waals surface area contributed by atoms with Gasteiger partial charge in [-0.15, -0.1) is 0 Å². The molecule has 1 saturated heterocycles. The van der Waals surface area contributed by atoms with Crippen molar-refractivity contribution in [3.05, 3.63) is 199 Å². The van der Waals surface area contributed by atoms with Gasteiger partial charge in [-0.1, -0.05) is 238 Å². The first kappa shape index (κ1) is 64.1. The monoisotopic (exact) mass is 1140 g/mol. The summed E-state index contributed by atoms with van der Waals surface area (Å²) < 4.78 is 48.3. The molecule has 5 aromatic carbocycles. The summed E-state index contributed by atoms with van der Waals surface area (Å²) in [4.78, 5) is 14.9. The second kappa shape index (κ2) is 27.5. The summed E-state index contributed by atoms with van der Waals surface area (Å²) in [6.45, 7) is 35.9. The Hall–Kier alpha value is -5.44. The predicted molar refractivity (Wildman–Crippen MR) is 342 cm³/mol. The van der Waals surface area contributed by atoms with E-state index in [1.54, 1.807) is 13.2 Å². The van der Waals surface area contributed by atoms with Crippen LogP contribution in [0.15, 0.2) is 194 Å². The highest BCUT2D eigenvalue weighted by molar-refractivity contribution is 7.00. The number of hydrogen-bond donors (Lipinski definition) is 0. The van der Waals surface area contributed by atoms with Crippen LogP contribution in [0, 0.1) is 17.8 Å². The third-order valence-corrected chi connectivity index (χ3v) is 27.4. The summed E-state index contributed by atoms with van der Waals surface area (Å²) in [6, 6.07) is 51.1. The van der Waals surface area contributed by atoms with Crippen LogP contribution in [0.2, 0.25) is 10.1 Å². The zero-order valence-electron chi connectivity index (χ0n) is 52.1. The summed E-state index contributed by atoms with van der Waals surface area (Å²) in [7, 11) is -4.33. The van der Waals surface area contributed by atoms with Crippen molar-refractivity contribution in [2.24, 2.45) is 17.8 Å². The fraction of sp³-hybridized carbons (Fsp3) is 0.458. The van der Waals surface area contributed by atoms with Crippen molar-refractivity contribution in [1.29, 1.82) is 0 Å². The number of carbonyl (C=O) groups is 1. The van der Waals surface area contributed by atoms with E-state index in [-0.39, 0.29) is 52.1 Å². The van der Waals surface area contributed by atoms with Gasteiger partial charge >= 0.3 is 5.97 Å². The van der Waals surface area contributed by atoms with Crippen molar-refractivity contribution < 1.29 is 37.3 Å². The summed E-state index contributed by atoms with van der Waals surface area (Å²) in [6.07, 6.45) is 11.9.